The van der Waals surface area contributed by atoms with E-state index in [-0.39, 0.29) is 21.3 Å². The summed E-state index contributed by atoms with van der Waals surface area (Å²) in [5.74, 6) is 0. The average Bonchev–Trinajstić information content (AvgIpc) is 2.41. The summed E-state index contributed by atoms with van der Waals surface area (Å²) < 4.78 is 28.2. The van der Waals surface area contributed by atoms with Crippen LogP contribution in [0.2, 0.25) is 0 Å². The highest BCUT2D eigenvalue weighted by Gasteiger charge is 2.35. The molecule has 0 saturated heterocycles. The van der Waals surface area contributed by atoms with Crippen LogP contribution in [0.3, 0.4) is 0 Å². The van der Waals surface area contributed by atoms with Gasteiger partial charge in [0, 0.05) is 11.6 Å². The molecule has 1 unspecified atom stereocenters. The van der Waals surface area contributed by atoms with Crippen LogP contribution in [0.5, 0.6) is 0 Å². The lowest BCUT2D eigenvalue weighted by Gasteiger charge is -2.38. The van der Waals surface area contributed by atoms with Gasteiger partial charge < -0.3 is 5.73 Å². The number of nitrogens with two attached hydrogens (primary N) is 1. The molecule has 1 aromatic rings. The highest BCUT2D eigenvalue weighted by atomic mass is 32.2. The second-order valence-electron chi connectivity index (χ2n) is 6.27. The maximum atomic E-state index is 12.7. The lowest BCUT2D eigenvalue weighted by Crippen LogP contribution is -2.47. The number of rotatable bonds is 4. The highest BCUT2D eigenvalue weighted by molar-refractivity contribution is 7.89. The largest absolute Gasteiger partial charge is 0.389 e. The predicted octanol–water partition coefficient (Wildman–Crippen LogP) is 2.57. The Balaban J connectivity index is 2.33. The molecule has 0 aliphatic heterocycles. The summed E-state index contributed by atoms with van der Waals surface area (Å²) in [6.07, 6.45) is 4.08. The maximum absolute atomic E-state index is 12.7. The normalized spacial score (nSPS) is 21.9. The first-order valence-corrected chi connectivity index (χ1v) is 9.04. The molecule has 1 saturated carbocycles. The van der Waals surface area contributed by atoms with E-state index in [0.717, 1.165) is 25.7 Å². The SMILES string of the molecule is CC1(C)CCCCC1NS(=O)(=O)c1ccccc1C(N)=S. The monoisotopic (exact) mass is 326 g/mol. The fourth-order valence-electron chi connectivity index (χ4n) is 2.87. The maximum Gasteiger partial charge on any atom is 0.241 e. The zero-order valence-electron chi connectivity index (χ0n) is 12.4. The third-order valence-electron chi connectivity index (χ3n) is 4.25. The van der Waals surface area contributed by atoms with E-state index in [1.165, 1.54) is 0 Å². The van der Waals surface area contributed by atoms with Gasteiger partial charge in [-0.3, -0.25) is 0 Å². The van der Waals surface area contributed by atoms with Crippen molar-refractivity contribution in [3.8, 4) is 0 Å². The number of nitrogens with one attached hydrogen (secondary N) is 1. The van der Waals surface area contributed by atoms with E-state index in [9.17, 15) is 8.42 Å². The molecule has 1 fully saturated rings. The highest BCUT2D eigenvalue weighted by Crippen LogP contribution is 2.36. The van der Waals surface area contributed by atoms with Gasteiger partial charge in [-0.15, -0.1) is 0 Å². The Kier molecular flexibility index (Phi) is 4.70. The van der Waals surface area contributed by atoms with Crippen LogP contribution >= 0.6 is 12.2 Å². The standard InChI is InChI=1S/C15H22N2O2S2/c1-15(2)10-6-5-9-13(15)17-21(18,19)12-8-4-3-7-11(12)14(16)20/h3-4,7-8,13,17H,5-6,9-10H2,1-2H3,(H2,16,20). The van der Waals surface area contributed by atoms with Crippen LogP contribution in [0, 0.1) is 5.41 Å². The Bertz CT molecular complexity index is 639. The summed E-state index contributed by atoms with van der Waals surface area (Å²) in [6.45, 7) is 4.22. The predicted molar refractivity (Wildman–Crippen MR) is 88.7 cm³/mol. The zero-order chi connectivity index (χ0) is 15.7. The third-order valence-corrected chi connectivity index (χ3v) is 6.00. The molecule has 1 aliphatic rings. The Hall–Kier alpha value is -0.980. The van der Waals surface area contributed by atoms with Gasteiger partial charge in [0.15, 0.2) is 0 Å². The van der Waals surface area contributed by atoms with E-state index in [1.54, 1.807) is 24.3 Å². The average molecular weight is 326 g/mol. The second kappa shape index (κ2) is 6.02. The topological polar surface area (TPSA) is 72.2 Å². The Morgan fingerprint density at radius 2 is 2.00 bits per heavy atom. The van der Waals surface area contributed by atoms with Crippen molar-refractivity contribution in [1.82, 2.24) is 4.72 Å². The Morgan fingerprint density at radius 1 is 1.33 bits per heavy atom. The van der Waals surface area contributed by atoms with Gasteiger partial charge in [0.05, 0.1) is 4.90 Å². The van der Waals surface area contributed by atoms with Gasteiger partial charge >= 0.3 is 0 Å². The van der Waals surface area contributed by atoms with Crippen LogP contribution in [0.25, 0.3) is 0 Å². The van der Waals surface area contributed by atoms with E-state index in [4.69, 9.17) is 18.0 Å². The Labute approximate surface area is 132 Å². The minimum atomic E-state index is -3.62. The number of hydrogen-bond acceptors (Lipinski definition) is 3. The minimum Gasteiger partial charge on any atom is -0.389 e. The second-order valence-corrected chi connectivity index (χ2v) is 8.39. The number of sulfonamides is 1. The molecule has 0 aromatic heterocycles. The van der Waals surface area contributed by atoms with E-state index >= 15 is 0 Å². The van der Waals surface area contributed by atoms with Crippen LogP contribution < -0.4 is 10.5 Å². The molecule has 0 bridgehead atoms. The zero-order valence-corrected chi connectivity index (χ0v) is 14.1. The number of thiocarbonyl (C=S) groups is 1. The van der Waals surface area contributed by atoms with Crippen molar-refractivity contribution in [2.45, 2.75) is 50.5 Å². The smallest absolute Gasteiger partial charge is 0.241 e. The van der Waals surface area contributed by atoms with E-state index in [2.05, 4.69) is 18.6 Å². The lowest BCUT2D eigenvalue weighted by molar-refractivity contribution is 0.188. The summed E-state index contributed by atoms with van der Waals surface area (Å²) in [5.41, 5.74) is 6.00. The molecule has 116 valence electrons. The molecule has 21 heavy (non-hydrogen) atoms. The van der Waals surface area contributed by atoms with Crippen LogP contribution in [0.1, 0.15) is 45.1 Å². The van der Waals surface area contributed by atoms with Crippen LogP contribution in [0.4, 0.5) is 0 Å². The molecular weight excluding hydrogens is 304 g/mol. The molecular formula is C15H22N2O2S2. The molecule has 1 atom stereocenters. The van der Waals surface area contributed by atoms with Crippen molar-refractivity contribution in [2.75, 3.05) is 0 Å². The van der Waals surface area contributed by atoms with Crippen LogP contribution in [-0.4, -0.2) is 19.4 Å². The fraction of sp³-hybridized carbons (Fsp3) is 0.533. The van der Waals surface area contributed by atoms with Gasteiger partial charge in [0.25, 0.3) is 0 Å². The molecule has 1 aliphatic carbocycles. The fourth-order valence-corrected chi connectivity index (χ4v) is 4.77. The summed E-state index contributed by atoms with van der Waals surface area (Å²) in [5, 5.41) is 0. The first kappa shape index (κ1) is 16.4. The van der Waals surface area contributed by atoms with Gasteiger partial charge in [-0.25, -0.2) is 13.1 Å². The van der Waals surface area contributed by atoms with Crippen molar-refractivity contribution >= 4 is 27.2 Å². The molecule has 6 heteroatoms. The van der Waals surface area contributed by atoms with Crippen LogP contribution in [0.15, 0.2) is 29.2 Å². The minimum absolute atomic E-state index is 0.0382. The van der Waals surface area contributed by atoms with Gasteiger partial charge in [-0.2, -0.15) is 0 Å². The molecule has 2 rings (SSSR count). The van der Waals surface area contributed by atoms with Crippen molar-refractivity contribution in [1.29, 1.82) is 0 Å². The molecule has 0 radical (unpaired) electrons. The van der Waals surface area contributed by atoms with Crippen molar-refractivity contribution < 1.29 is 8.42 Å². The first-order valence-electron chi connectivity index (χ1n) is 7.15. The lowest BCUT2D eigenvalue weighted by atomic mass is 9.74. The number of hydrogen-bond donors (Lipinski definition) is 2. The van der Waals surface area contributed by atoms with Crippen molar-refractivity contribution in [2.24, 2.45) is 11.1 Å². The summed E-state index contributed by atoms with van der Waals surface area (Å²) >= 11 is 4.95. The van der Waals surface area contributed by atoms with E-state index in [1.807, 2.05) is 0 Å². The first-order chi connectivity index (χ1) is 9.74. The molecule has 0 heterocycles. The molecule has 4 nitrogen and oxygen atoms in total. The van der Waals surface area contributed by atoms with Gasteiger partial charge in [0.2, 0.25) is 10.0 Å². The third kappa shape index (κ3) is 3.62. The summed E-state index contributed by atoms with van der Waals surface area (Å²) in [6, 6.07) is 6.55. The van der Waals surface area contributed by atoms with Gasteiger partial charge in [-0.1, -0.05) is 57.1 Å². The van der Waals surface area contributed by atoms with E-state index in [0.29, 0.717) is 5.56 Å². The molecule has 0 amide bonds. The summed E-state index contributed by atoms with van der Waals surface area (Å²) in [4.78, 5) is 0.262. The van der Waals surface area contributed by atoms with Crippen molar-refractivity contribution in [3.63, 3.8) is 0 Å². The van der Waals surface area contributed by atoms with Gasteiger partial charge in [0.1, 0.15) is 4.99 Å². The van der Waals surface area contributed by atoms with Crippen molar-refractivity contribution in [3.05, 3.63) is 29.8 Å². The molecule has 1 aromatic carbocycles. The molecule has 0 spiro atoms. The van der Waals surface area contributed by atoms with Crippen LogP contribution in [-0.2, 0) is 10.0 Å². The van der Waals surface area contributed by atoms with E-state index < -0.39 is 10.0 Å². The quantitative estimate of drug-likeness (QED) is 0.834. The Morgan fingerprint density at radius 3 is 2.62 bits per heavy atom. The molecule has 3 N–H and O–H groups in total. The summed E-state index contributed by atoms with van der Waals surface area (Å²) in [7, 11) is -3.62. The van der Waals surface area contributed by atoms with Gasteiger partial charge in [-0.05, 0) is 24.3 Å². The number of benzene rings is 1.